The van der Waals surface area contributed by atoms with Crippen molar-refractivity contribution in [2.75, 3.05) is 13.1 Å². The second-order valence-electron chi connectivity index (χ2n) is 4.52. The minimum absolute atomic E-state index is 0.0374. The van der Waals surface area contributed by atoms with Crippen LogP contribution in [0.1, 0.15) is 23.2 Å². The van der Waals surface area contributed by atoms with Crippen molar-refractivity contribution in [1.82, 2.24) is 4.90 Å². The number of nitro benzene ring substituents is 1. The van der Waals surface area contributed by atoms with Crippen molar-refractivity contribution in [2.24, 2.45) is 5.73 Å². The Morgan fingerprint density at radius 3 is 2.63 bits per heavy atom. The van der Waals surface area contributed by atoms with Crippen LogP contribution in [0.4, 0.5) is 5.69 Å². The van der Waals surface area contributed by atoms with Crippen LogP contribution in [0.3, 0.4) is 0 Å². The average molecular weight is 284 g/mol. The summed E-state index contributed by atoms with van der Waals surface area (Å²) in [5, 5.41) is 11.1. The Bertz CT molecular complexity index is 513. The number of carbonyl (C=O) groups is 1. The number of hydrogen-bond donors (Lipinski definition) is 1. The van der Waals surface area contributed by atoms with Gasteiger partial charge in [0, 0.05) is 25.2 Å². The fourth-order valence-electron chi connectivity index (χ4n) is 2.14. The summed E-state index contributed by atoms with van der Waals surface area (Å²) in [5.74, 6) is -0.399. The van der Waals surface area contributed by atoms with E-state index < -0.39 is 10.8 Å². The van der Waals surface area contributed by atoms with Gasteiger partial charge in [-0.2, -0.15) is 0 Å². The number of nitrogens with zero attached hydrogens (tertiary/aromatic N) is 2. The van der Waals surface area contributed by atoms with Crippen LogP contribution in [0.5, 0.6) is 0 Å². The molecule has 1 amide bonds. The molecule has 0 aromatic heterocycles. The predicted octanol–water partition coefficient (Wildman–Crippen LogP) is 1.81. The van der Waals surface area contributed by atoms with Gasteiger partial charge < -0.3 is 10.6 Å². The van der Waals surface area contributed by atoms with Gasteiger partial charge in [-0.3, -0.25) is 14.9 Å². The summed E-state index contributed by atoms with van der Waals surface area (Å²) in [6, 6.07) is 4.32. The van der Waals surface area contributed by atoms with Gasteiger partial charge in [-0.25, -0.2) is 0 Å². The summed E-state index contributed by atoms with van der Waals surface area (Å²) in [6.07, 6.45) is 1.40. The standard InChI is InChI=1S/C12H14ClN3O3/c13-9-2-1-3-10(16(18)19)11(9)12(17)15-6-4-8(14)5-7-15/h1-3,8H,4-7,14H2. The van der Waals surface area contributed by atoms with E-state index in [9.17, 15) is 14.9 Å². The lowest BCUT2D eigenvalue weighted by atomic mass is 10.0. The van der Waals surface area contributed by atoms with E-state index in [0.29, 0.717) is 25.9 Å². The molecule has 0 spiro atoms. The smallest absolute Gasteiger partial charge is 0.283 e. The van der Waals surface area contributed by atoms with Crippen LogP contribution in [0.15, 0.2) is 18.2 Å². The second kappa shape index (κ2) is 5.54. The highest BCUT2D eigenvalue weighted by molar-refractivity contribution is 6.34. The number of piperidine rings is 1. The summed E-state index contributed by atoms with van der Waals surface area (Å²) >= 11 is 5.94. The number of hydrogen-bond acceptors (Lipinski definition) is 4. The molecule has 6 nitrogen and oxygen atoms in total. The molecular formula is C12H14ClN3O3. The number of nitrogens with two attached hydrogens (primary N) is 1. The monoisotopic (exact) mass is 283 g/mol. The zero-order valence-corrected chi connectivity index (χ0v) is 11.0. The minimum atomic E-state index is -0.588. The quantitative estimate of drug-likeness (QED) is 0.662. The molecule has 1 fully saturated rings. The van der Waals surface area contributed by atoms with E-state index in [-0.39, 0.29) is 22.3 Å². The Morgan fingerprint density at radius 1 is 1.42 bits per heavy atom. The SMILES string of the molecule is NC1CCN(C(=O)c2c(Cl)cccc2[N+](=O)[O-])CC1. The molecule has 1 aliphatic heterocycles. The van der Waals surface area contributed by atoms with Gasteiger partial charge in [-0.1, -0.05) is 17.7 Å². The second-order valence-corrected chi connectivity index (χ2v) is 4.93. The van der Waals surface area contributed by atoms with E-state index in [1.54, 1.807) is 4.90 Å². The Balaban J connectivity index is 2.31. The first-order chi connectivity index (χ1) is 9.00. The van der Waals surface area contributed by atoms with Crippen LogP contribution >= 0.6 is 11.6 Å². The van der Waals surface area contributed by atoms with Crippen LogP contribution in [-0.4, -0.2) is 34.9 Å². The highest BCUT2D eigenvalue weighted by Crippen LogP contribution is 2.28. The molecule has 19 heavy (non-hydrogen) atoms. The van der Waals surface area contributed by atoms with Gasteiger partial charge in [-0.15, -0.1) is 0 Å². The fourth-order valence-corrected chi connectivity index (χ4v) is 2.39. The Labute approximate surface area is 115 Å². The first-order valence-corrected chi connectivity index (χ1v) is 6.36. The summed E-state index contributed by atoms with van der Waals surface area (Å²) in [4.78, 5) is 24.3. The van der Waals surface area contributed by atoms with Crippen molar-refractivity contribution < 1.29 is 9.72 Å². The highest BCUT2D eigenvalue weighted by atomic mass is 35.5. The van der Waals surface area contributed by atoms with Gasteiger partial charge in [0.25, 0.3) is 11.6 Å². The Hall–Kier alpha value is -1.66. The first kappa shape index (κ1) is 13.8. The number of nitro groups is 1. The van der Waals surface area contributed by atoms with Gasteiger partial charge in [-0.05, 0) is 18.9 Å². The molecule has 0 unspecified atom stereocenters. The number of likely N-dealkylation sites (tertiary alicyclic amines) is 1. The lowest BCUT2D eigenvalue weighted by Gasteiger charge is -2.30. The van der Waals surface area contributed by atoms with Gasteiger partial charge in [0.15, 0.2) is 0 Å². The summed E-state index contributed by atoms with van der Waals surface area (Å²) < 4.78 is 0. The molecule has 0 atom stereocenters. The topological polar surface area (TPSA) is 89.5 Å². The number of rotatable bonds is 2. The molecule has 0 aliphatic carbocycles. The van der Waals surface area contributed by atoms with E-state index >= 15 is 0 Å². The zero-order chi connectivity index (χ0) is 14.0. The third kappa shape index (κ3) is 2.85. The predicted molar refractivity (Wildman–Crippen MR) is 71.2 cm³/mol. The van der Waals surface area contributed by atoms with Crippen LogP contribution in [-0.2, 0) is 0 Å². The maximum absolute atomic E-state index is 12.3. The lowest BCUT2D eigenvalue weighted by Crippen LogP contribution is -2.43. The van der Waals surface area contributed by atoms with E-state index in [4.69, 9.17) is 17.3 Å². The van der Waals surface area contributed by atoms with Crippen molar-refractivity contribution in [1.29, 1.82) is 0 Å². The maximum atomic E-state index is 12.3. The summed E-state index contributed by atoms with van der Waals surface area (Å²) in [5.41, 5.74) is 5.48. The highest BCUT2D eigenvalue weighted by Gasteiger charge is 2.29. The summed E-state index contributed by atoms with van der Waals surface area (Å²) in [6.45, 7) is 1.00. The molecule has 1 heterocycles. The van der Waals surface area contributed by atoms with Crippen LogP contribution in [0.2, 0.25) is 5.02 Å². The maximum Gasteiger partial charge on any atom is 0.283 e. The Morgan fingerprint density at radius 2 is 2.05 bits per heavy atom. The van der Waals surface area contributed by atoms with E-state index in [0.717, 1.165) is 0 Å². The van der Waals surface area contributed by atoms with E-state index in [1.807, 2.05) is 0 Å². The molecule has 1 aliphatic rings. The van der Waals surface area contributed by atoms with Crippen molar-refractivity contribution in [3.8, 4) is 0 Å². The van der Waals surface area contributed by atoms with E-state index in [2.05, 4.69) is 0 Å². The molecule has 0 saturated carbocycles. The third-order valence-corrected chi connectivity index (χ3v) is 3.54. The van der Waals surface area contributed by atoms with Gasteiger partial charge in [0.2, 0.25) is 0 Å². The molecule has 2 N–H and O–H groups in total. The first-order valence-electron chi connectivity index (χ1n) is 5.98. The molecule has 102 valence electrons. The van der Waals surface area contributed by atoms with Gasteiger partial charge in [0.05, 0.1) is 9.95 Å². The molecule has 1 aromatic rings. The minimum Gasteiger partial charge on any atom is -0.338 e. The van der Waals surface area contributed by atoms with Crippen LogP contribution in [0.25, 0.3) is 0 Å². The molecular weight excluding hydrogens is 270 g/mol. The molecule has 7 heteroatoms. The number of benzene rings is 1. The number of amides is 1. The molecule has 2 rings (SSSR count). The largest absolute Gasteiger partial charge is 0.338 e. The summed E-state index contributed by atoms with van der Waals surface area (Å²) in [7, 11) is 0. The average Bonchev–Trinajstić information content (AvgIpc) is 2.38. The lowest BCUT2D eigenvalue weighted by molar-refractivity contribution is -0.385. The normalized spacial score (nSPS) is 16.4. The van der Waals surface area contributed by atoms with Gasteiger partial charge >= 0.3 is 0 Å². The molecule has 0 radical (unpaired) electrons. The fraction of sp³-hybridized carbons (Fsp3) is 0.417. The molecule has 1 aromatic carbocycles. The molecule has 0 bridgehead atoms. The molecule has 1 saturated heterocycles. The Kier molecular flexibility index (Phi) is 4.01. The van der Waals surface area contributed by atoms with Crippen molar-refractivity contribution >= 4 is 23.2 Å². The van der Waals surface area contributed by atoms with Crippen molar-refractivity contribution in [3.63, 3.8) is 0 Å². The van der Waals surface area contributed by atoms with Gasteiger partial charge in [0.1, 0.15) is 5.56 Å². The number of halogens is 1. The van der Waals surface area contributed by atoms with Crippen molar-refractivity contribution in [3.05, 3.63) is 38.9 Å². The third-order valence-electron chi connectivity index (χ3n) is 3.23. The zero-order valence-electron chi connectivity index (χ0n) is 10.2. The van der Waals surface area contributed by atoms with Crippen molar-refractivity contribution in [2.45, 2.75) is 18.9 Å². The van der Waals surface area contributed by atoms with Crippen LogP contribution < -0.4 is 5.73 Å². The van der Waals surface area contributed by atoms with E-state index in [1.165, 1.54) is 18.2 Å². The van der Waals surface area contributed by atoms with Crippen LogP contribution in [0, 0.1) is 10.1 Å². The number of carbonyl (C=O) groups excluding carboxylic acids is 1.